The van der Waals surface area contributed by atoms with Gasteiger partial charge in [0.2, 0.25) is 0 Å². The third-order valence-electron chi connectivity index (χ3n) is 4.78. The summed E-state index contributed by atoms with van der Waals surface area (Å²) >= 11 is 0. The van der Waals surface area contributed by atoms with Gasteiger partial charge in [-0.15, -0.1) is 0 Å². The Morgan fingerprint density at radius 2 is 1.50 bits per heavy atom. The predicted octanol–water partition coefficient (Wildman–Crippen LogP) is 1.09. The van der Waals surface area contributed by atoms with Crippen LogP contribution in [0.15, 0.2) is 30.6 Å². The second kappa shape index (κ2) is 6.27. The third-order valence-corrected chi connectivity index (χ3v) is 6.81. The number of benzene rings is 1. The summed E-state index contributed by atoms with van der Waals surface area (Å²) in [7, 11) is -3.30. The zero-order chi connectivity index (χ0) is 16.6. The standard InChI is InChI=1S/C16H21N5O2S/c22-24(23,20-7-3-4-8-20)21-11-9-19(10-12-21)16-14-5-1-2-6-15(14)17-13-18-16/h1-2,5-6,13H,3-4,7-12H2. The molecule has 7 nitrogen and oxygen atoms in total. The maximum Gasteiger partial charge on any atom is 0.282 e. The van der Waals surface area contributed by atoms with Gasteiger partial charge in [-0.05, 0) is 25.0 Å². The highest BCUT2D eigenvalue weighted by molar-refractivity contribution is 7.86. The van der Waals surface area contributed by atoms with Crippen molar-refractivity contribution in [3.8, 4) is 0 Å². The Morgan fingerprint density at radius 3 is 2.25 bits per heavy atom. The van der Waals surface area contributed by atoms with E-state index in [0.29, 0.717) is 39.3 Å². The van der Waals surface area contributed by atoms with Gasteiger partial charge in [0.1, 0.15) is 12.1 Å². The van der Waals surface area contributed by atoms with Crippen LogP contribution in [0.1, 0.15) is 12.8 Å². The minimum atomic E-state index is -3.30. The van der Waals surface area contributed by atoms with Crippen LogP contribution < -0.4 is 4.90 Å². The zero-order valence-electron chi connectivity index (χ0n) is 13.5. The van der Waals surface area contributed by atoms with E-state index < -0.39 is 10.2 Å². The van der Waals surface area contributed by atoms with Crippen molar-refractivity contribution in [1.82, 2.24) is 18.6 Å². The molecule has 0 aliphatic carbocycles. The molecule has 0 atom stereocenters. The Kier molecular flexibility index (Phi) is 4.11. The van der Waals surface area contributed by atoms with Crippen LogP contribution in [0.5, 0.6) is 0 Å². The highest BCUT2D eigenvalue weighted by Gasteiger charge is 2.34. The zero-order valence-corrected chi connectivity index (χ0v) is 14.3. The van der Waals surface area contributed by atoms with Gasteiger partial charge in [0.05, 0.1) is 5.52 Å². The van der Waals surface area contributed by atoms with Gasteiger partial charge >= 0.3 is 0 Å². The van der Waals surface area contributed by atoms with Crippen molar-refractivity contribution >= 4 is 26.9 Å². The molecule has 0 amide bonds. The van der Waals surface area contributed by atoms with Crippen LogP contribution in [0, 0.1) is 0 Å². The van der Waals surface area contributed by atoms with E-state index in [1.54, 1.807) is 14.9 Å². The molecule has 24 heavy (non-hydrogen) atoms. The van der Waals surface area contributed by atoms with Gasteiger partial charge in [0.15, 0.2) is 0 Å². The SMILES string of the molecule is O=S(=O)(N1CCCC1)N1CCN(c2ncnc3ccccc23)CC1. The van der Waals surface area contributed by atoms with Crippen LogP contribution in [-0.4, -0.2) is 66.3 Å². The number of aromatic nitrogens is 2. The minimum absolute atomic E-state index is 0.497. The average Bonchev–Trinajstić information content (AvgIpc) is 3.17. The Balaban J connectivity index is 1.52. The molecule has 8 heteroatoms. The van der Waals surface area contributed by atoms with Crippen molar-refractivity contribution in [2.75, 3.05) is 44.2 Å². The second-order valence-corrected chi connectivity index (χ2v) is 8.14. The van der Waals surface area contributed by atoms with Crippen LogP contribution in [-0.2, 0) is 10.2 Å². The number of rotatable bonds is 3. The van der Waals surface area contributed by atoms with Gasteiger partial charge in [-0.25, -0.2) is 9.97 Å². The largest absolute Gasteiger partial charge is 0.353 e. The van der Waals surface area contributed by atoms with E-state index in [1.165, 1.54) is 0 Å². The molecule has 2 fully saturated rings. The number of hydrogen-bond acceptors (Lipinski definition) is 5. The lowest BCUT2D eigenvalue weighted by molar-refractivity contribution is 0.343. The maximum absolute atomic E-state index is 12.7. The highest BCUT2D eigenvalue weighted by Crippen LogP contribution is 2.25. The van der Waals surface area contributed by atoms with E-state index in [2.05, 4.69) is 14.9 Å². The molecule has 2 saturated heterocycles. The first-order valence-electron chi connectivity index (χ1n) is 8.36. The van der Waals surface area contributed by atoms with Crippen molar-refractivity contribution in [2.45, 2.75) is 12.8 Å². The Bertz CT molecular complexity index is 822. The van der Waals surface area contributed by atoms with E-state index in [-0.39, 0.29) is 0 Å². The average molecular weight is 347 g/mol. The summed E-state index contributed by atoms with van der Waals surface area (Å²) in [6, 6.07) is 7.91. The van der Waals surface area contributed by atoms with Gasteiger partial charge in [-0.1, -0.05) is 12.1 Å². The van der Waals surface area contributed by atoms with Gasteiger partial charge in [-0.3, -0.25) is 0 Å². The van der Waals surface area contributed by atoms with E-state index in [0.717, 1.165) is 29.6 Å². The molecule has 0 unspecified atom stereocenters. The lowest BCUT2D eigenvalue weighted by Gasteiger charge is -2.36. The van der Waals surface area contributed by atoms with E-state index in [4.69, 9.17) is 0 Å². The molecular weight excluding hydrogens is 326 g/mol. The summed E-state index contributed by atoms with van der Waals surface area (Å²) in [5.74, 6) is 0.888. The van der Waals surface area contributed by atoms with Gasteiger partial charge < -0.3 is 4.90 Å². The number of nitrogens with zero attached hydrogens (tertiary/aromatic N) is 5. The van der Waals surface area contributed by atoms with Crippen LogP contribution >= 0.6 is 0 Å². The minimum Gasteiger partial charge on any atom is -0.353 e. The van der Waals surface area contributed by atoms with Crippen LogP contribution in [0.2, 0.25) is 0 Å². The molecule has 1 aromatic carbocycles. The Labute approximate surface area is 142 Å². The van der Waals surface area contributed by atoms with E-state index in [1.807, 2.05) is 24.3 Å². The van der Waals surface area contributed by atoms with Crippen LogP contribution in [0.4, 0.5) is 5.82 Å². The number of hydrogen-bond donors (Lipinski definition) is 0. The van der Waals surface area contributed by atoms with Crippen molar-refractivity contribution in [1.29, 1.82) is 0 Å². The smallest absolute Gasteiger partial charge is 0.282 e. The molecule has 1 aromatic heterocycles. The topological polar surface area (TPSA) is 69.6 Å². The van der Waals surface area contributed by atoms with Crippen LogP contribution in [0.3, 0.4) is 0 Å². The summed E-state index contributed by atoms with van der Waals surface area (Å²) in [4.78, 5) is 10.9. The van der Waals surface area contributed by atoms with Crippen molar-refractivity contribution in [2.24, 2.45) is 0 Å². The van der Waals surface area contributed by atoms with Gasteiger partial charge in [0, 0.05) is 44.7 Å². The molecule has 128 valence electrons. The number of piperazine rings is 1. The molecule has 2 aliphatic heterocycles. The first kappa shape index (κ1) is 15.7. The molecule has 2 aliphatic rings. The summed E-state index contributed by atoms with van der Waals surface area (Å²) in [6.07, 6.45) is 3.50. The van der Waals surface area contributed by atoms with E-state index >= 15 is 0 Å². The summed E-state index contributed by atoms with van der Waals surface area (Å²) < 4.78 is 28.5. The summed E-state index contributed by atoms with van der Waals surface area (Å²) in [6.45, 7) is 3.59. The highest BCUT2D eigenvalue weighted by atomic mass is 32.2. The van der Waals surface area contributed by atoms with Crippen molar-refractivity contribution < 1.29 is 8.42 Å². The predicted molar refractivity (Wildman–Crippen MR) is 93.1 cm³/mol. The van der Waals surface area contributed by atoms with Gasteiger partial charge in [-0.2, -0.15) is 17.0 Å². The number of fused-ring (bicyclic) bond motifs is 1. The normalized spacial score (nSPS) is 20.8. The molecule has 0 N–H and O–H groups in total. The number of para-hydroxylation sites is 1. The molecule has 0 spiro atoms. The monoisotopic (exact) mass is 347 g/mol. The summed E-state index contributed by atoms with van der Waals surface area (Å²) in [5, 5.41) is 1.01. The lowest BCUT2D eigenvalue weighted by Crippen LogP contribution is -2.52. The molecule has 0 bridgehead atoms. The Hall–Kier alpha value is -1.77. The first-order chi connectivity index (χ1) is 11.7. The van der Waals surface area contributed by atoms with Crippen LogP contribution in [0.25, 0.3) is 10.9 Å². The van der Waals surface area contributed by atoms with Gasteiger partial charge in [0.25, 0.3) is 10.2 Å². The molecule has 2 aromatic rings. The molecule has 4 rings (SSSR count). The van der Waals surface area contributed by atoms with Crippen molar-refractivity contribution in [3.63, 3.8) is 0 Å². The Morgan fingerprint density at radius 1 is 0.833 bits per heavy atom. The molecular formula is C16H21N5O2S. The molecule has 0 radical (unpaired) electrons. The van der Waals surface area contributed by atoms with Crippen molar-refractivity contribution in [3.05, 3.63) is 30.6 Å². The quantitative estimate of drug-likeness (QED) is 0.831. The third kappa shape index (κ3) is 2.74. The van der Waals surface area contributed by atoms with E-state index in [9.17, 15) is 8.42 Å². The molecule has 3 heterocycles. The molecule has 0 saturated carbocycles. The fourth-order valence-corrected chi connectivity index (χ4v) is 5.13. The first-order valence-corrected chi connectivity index (χ1v) is 9.76. The fraction of sp³-hybridized carbons (Fsp3) is 0.500. The fourth-order valence-electron chi connectivity index (χ4n) is 3.46. The maximum atomic E-state index is 12.7. The lowest BCUT2D eigenvalue weighted by atomic mass is 10.2. The summed E-state index contributed by atoms with van der Waals surface area (Å²) in [5.41, 5.74) is 0.912. The second-order valence-electron chi connectivity index (χ2n) is 6.21. The number of anilines is 1.